The molecule has 0 saturated carbocycles. The maximum atomic E-state index is 13.9. The molecule has 0 bridgehead atoms. The van der Waals surface area contributed by atoms with Gasteiger partial charge < -0.3 is 15.2 Å². The first-order valence-electron chi connectivity index (χ1n) is 6.95. The second kappa shape index (κ2) is 7.47. The van der Waals surface area contributed by atoms with Crippen molar-refractivity contribution in [1.29, 1.82) is 0 Å². The number of nitrogens with two attached hydrogens (primary N) is 1. The van der Waals surface area contributed by atoms with E-state index in [4.69, 9.17) is 26.8 Å². The summed E-state index contributed by atoms with van der Waals surface area (Å²) in [5, 5.41) is 0.632. The van der Waals surface area contributed by atoms with Crippen molar-refractivity contribution < 1.29 is 13.9 Å². The number of hydrogen-bond acceptors (Lipinski definition) is 3. The molecule has 0 saturated heterocycles. The first-order valence-corrected chi connectivity index (χ1v) is 7.32. The van der Waals surface area contributed by atoms with Crippen molar-refractivity contribution in [2.24, 2.45) is 5.73 Å². The minimum atomic E-state index is -0.392. The van der Waals surface area contributed by atoms with Crippen molar-refractivity contribution in [2.45, 2.75) is 12.3 Å². The Morgan fingerprint density at radius 3 is 2.36 bits per heavy atom. The maximum absolute atomic E-state index is 13.9. The van der Waals surface area contributed by atoms with E-state index in [1.807, 2.05) is 18.2 Å². The molecule has 0 fully saturated rings. The van der Waals surface area contributed by atoms with Crippen LogP contribution in [0.4, 0.5) is 4.39 Å². The molecule has 118 valence electrons. The highest BCUT2D eigenvalue weighted by molar-refractivity contribution is 6.30. The third-order valence-corrected chi connectivity index (χ3v) is 3.88. The van der Waals surface area contributed by atoms with E-state index in [0.717, 1.165) is 16.9 Å². The Morgan fingerprint density at radius 2 is 1.77 bits per heavy atom. The van der Waals surface area contributed by atoms with Gasteiger partial charge in [0.2, 0.25) is 0 Å². The van der Waals surface area contributed by atoms with Crippen LogP contribution in [0.25, 0.3) is 0 Å². The zero-order chi connectivity index (χ0) is 16.1. The topological polar surface area (TPSA) is 44.5 Å². The van der Waals surface area contributed by atoms with Crippen LogP contribution in [0.2, 0.25) is 5.02 Å². The average Bonchev–Trinajstić information content (AvgIpc) is 2.52. The summed E-state index contributed by atoms with van der Waals surface area (Å²) in [6, 6.07) is 10.4. The van der Waals surface area contributed by atoms with Crippen molar-refractivity contribution in [2.75, 3.05) is 20.8 Å². The highest BCUT2D eigenvalue weighted by Crippen LogP contribution is 2.30. The van der Waals surface area contributed by atoms with Gasteiger partial charge in [0, 0.05) is 10.9 Å². The molecule has 0 spiro atoms. The molecule has 0 heterocycles. The van der Waals surface area contributed by atoms with Gasteiger partial charge in [-0.1, -0.05) is 17.7 Å². The Balaban J connectivity index is 2.29. The molecule has 22 heavy (non-hydrogen) atoms. The number of methoxy groups -OCH3 is 2. The Bertz CT molecular complexity index is 649. The van der Waals surface area contributed by atoms with Crippen molar-refractivity contribution in [3.63, 3.8) is 0 Å². The van der Waals surface area contributed by atoms with Gasteiger partial charge in [-0.2, -0.15) is 0 Å². The standard InChI is InChI=1S/C17H19ClFNO2/c1-21-16-6-4-14(18)8-12(16)7-13(10-20)11-3-5-17(22-2)15(19)9-11/h3-6,8-9,13H,7,10,20H2,1-2H3. The van der Waals surface area contributed by atoms with Crippen molar-refractivity contribution in [3.05, 3.63) is 58.4 Å². The predicted octanol–water partition coefficient (Wildman–Crippen LogP) is 3.78. The first-order chi connectivity index (χ1) is 10.6. The molecule has 2 N–H and O–H groups in total. The molecule has 3 nitrogen and oxygen atoms in total. The lowest BCUT2D eigenvalue weighted by atomic mass is 9.91. The van der Waals surface area contributed by atoms with Gasteiger partial charge in [-0.15, -0.1) is 0 Å². The Kier molecular flexibility index (Phi) is 5.63. The zero-order valence-electron chi connectivity index (χ0n) is 12.6. The molecule has 1 atom stereocenters. The van der Waals surface area contributed by atoms with Gasteiger partial charge in [-0.05, 0) is 54.4 Å². The smallest absolute Gasteiger partial charge is 0.165 e. The molecule has 0 amide bonds. The Hall–Kier alpha value is -1.78. The van der Waals surface area contributed by atoms with Crippen LogP contribution in [0.1, 0.15) is 17.0 Å². The molecule has 2 aromatic carbocycles. The van der Waals surface area contributed by atoms with Crippen LogP contribution >= 0.6 is 11.6 Å². The normalized spacial score (nSPS) is 12.0. The average molecular weight is 324 g/mol. The second-order valence-electron chi connectivity index (χ2n) is 4.99. The lowest BCUT2D eigenvalue weighted by Crippen LogP contribution is -2.15. The fourth-order valence-electron chi connectivity index (χ4n) is 2.45. The molecule has 0 aromatic heterocycles. The van der Waals surface area contributed by atoms with E-state index < -0.39 is 5.82 Å². The predicted molar refractivity (Wildman–Crippen MR) is 86.5 cm³/mol. The van der Waals surface area contributed by atoms with E-state index in [2.05, 4.69) is 0 Å². The maximum Gasteiger partial charge on any atom is 0.165 e. The van der Waals surface area contributed by atoms with Gasteiger partial charge in [0.05, 0.1) is 14.2 Å². The molecule has 0 aliphatic carbocycles. The van der Waals surface area contributed by atoms with Gasteiger partial charge in [-0.3, -0.25) is 0 Å². The number of halogens is 2. The summed E-state index contributed by atoms with van der Waals surface area (Å²) in [5.41, 5.74) is 7.64. The fraction of sp³-hybridized carbons (Fsp3) is 0.294. The van der Waals surface area contributed by atoms with Crippen molar-refractivity contribution in [1.82, 2.24) is 0 Å². The van der Waals surface area contributed by atoms with Crippen molar-refractivity contribution in [3.8, 4) is 11.5 Å². The molecular formula is C17H19ClFNO2. The summed E-state index contributed by atoms with van der Waals surface area (Å²) in [7, 11) is 3.05. The summed E-state index contributed by atoms with van der Waals surface area (Å²) in [5.74, 6) is 0.543. The monoisotopic (exact) mass is 323 g/mol. The minimum absolute atomic E-state index is 0.0345. The lowest BCUT2D eigenvalue weighted by Gasteiger charge is -2.18. The molecule has 2 aromatic rings. The summed E-state index contributed by atoms with van der Waals surface area (Å²) < 4.78 is 24.2. The van der Waals surface area contributed by atoms with E-state index in [0.29, 0.717) is 18.0 Å². The molecule has 0 aliphatic heterocycles. The van der Waals surface area contributed by atoms with Gasteiger partial charge in [0.1, 0.15) is 5.75 Å². The third-order valence-electron chi connectivity index (χ3n) is 3.64. The Morgan fingerprint density at radius 1 is 1.09 bits per heavy atom. The minimum Gasteiger partial charge on any atom is -0.496 e. The van der Waals surface area contributed by atoms with Crippen LogP contribution in [-0.2, 0) is 6.42 Å². The number of benzene rings is 2. The van der Waals surface area contributed by atoms with E-state index in [-0.39, 0.29) is 11.7 Å². The Labute approximate surface area is 134 Å². The van der Waals surface area contributed by atoms with Gasteiger partial charge in [0.15, 0.2) is 11.6 Å². The quantitative estimate of drug-likeness (QED) is 0.880. The highest BCUT2D eigenvalue weighted by Gasteiger charge is 2.16. The first kappa shape index (κ1) is 16.6. The van der Waals surface area contributed by atoms with Crippen LogP contribution in [0.5, 0.6) is 11.5 Å². The van der Waals surface area contributed by atoms with E-state index >= 15 is 0 Å². The molecule has 0 radical (unpaired) electrons. The highest BCUT2D eigenvalue weighted by atomic mass is 35.5. The lowest BCUT2D eigenvalue weighted by molar-refractivity contribution is 0.385. The molecular weight excluding hydrogens is 305 g/mol. The number of rotatable bonds is 6. The van der Waals surface area contributed by atoms with Crippen LogP contribution in [0.15, 0.2) is 36.4 Å². The van der Waals surface area contributed by atoms with E-state index in [1.165, 1.54) is 13.2 Å². The largest absolute Gasteiger partial charge is 0.496 e. The summed E-state index contributed by atoms with van der Waals surface area (Å²) in [6.07, 6.45) is 0.617. The number of hydrogen-bond donors (Lipinski definition) is 1. The summed E-state index contributed by atoms with van der Waals surface area (Å²) in [4.78, 5) is 0. The van der Waals surface area contributed by atoms with Crippen LogP contribution in [-0.4, -0.2) is 20.8 Å². The van der Waals surface area contributed by atoms with E-state index in [9.17, 15) is 4.39 Å². The molecule has 5 heteroatoms. The van der Waals surface area contributed by atoms with E-state index in [1.54, 1.807) is 19.2 Å². The van der Waals surface area contributed by atoms with Crippen LogP contribution < -0.4 is 15.2 Å². The SMILES string of the molecule is COc1ccc(C(CN)Cc2cc(Cl)ccc2OC)cc1F. The van der Waals surface area contributed by atoms with Crippen LogP contribution in [0.3, 0.4) is 0 Å². The third kappa shape index (κ3) is 3.70. The van der Waals surface area contributed by atoms with Gasteiger partial charge >= 0.3 is 0 Å². The summed E-state index contributed by atoms with van der Waals surface area (Å²) >= 11 is 6.05. The second-order valence-corrected chi connectivity index (χ2v) is 5.42. The molecule has 1 unspecified atom stereocenters. The van der Waals surface area contributed by atoms with Gasteiger partial charge in [0.25, 0.3) is 0 Å². The number of ether oxygens (including phenoxy) is 2. The molecule has 2 rings (SSSR count). The fourth-order valence-corrected chi connectivity index (χ4v) is 2.64. The van der Waals surface area contributed by atoms with Crippen molar-refractivity contribution >= 4 is 11.6 Å². The zero-order valence-corrected chi connectivity index (χ0v) is 13.4. The summed E-state index contributed by atoms with van der Waals surface area (Å²) in [6.45, 7) is 0.390. The van der Waals surface area contributed by atoms with Crippen LogP contribution in [0, 0.1) is 5.82 Å². The van der Waals surface area contributed by atoms with Gasteiger partial charge in [-0.25, -0.2) is 4.39 Å². The molecule has 0 aliphatic rings.